The highest BCUT2D eigenvalue weighted by Gasteiger charge is 2.14. The third kappa shape index (κ3) is 4.56. The van der Waals surface area contributed by atoms with Crippen LogP contribution < -0.4 is 5.84 Å². The molecular formula is C18H23N3. The summed E-state index contributed by atoms with van der Waals surface area (Å²) in [6, 6.07) is 14.7. The van der Waals surface area contributed by atoms with E-state index in [0.29, 0.717) is 11.8 Å². The molecule has 0 amide bonds. The van der Waals surface area contributed by atoms with Gasteiger partial charge in [0.05, 0.1) is 0 Å². The summed E-state index contributed by atoms with van der Waals surface area (Å²) in [4.78, 5) is 4.13. The minimum atomic E-state index is 0.548. The second-order valence-electron chi connectivity index (χ2n) is 5.86. The second kappa shape index (κ2) is 7.21. The molecule has 1 aromatic carbocycles. The van der Waals surface area contributed by atoms with Gasteiger partial charge >= 0.3 is 0 Å². The van der Waals surface area contributed by atoms with E-state index in [4.69, 9.17) is 5.84 Å². The highest BCUT2D eigenvalue weighted by molar-refractivity contribution is 5.60. The van der Waals surface area contributed by atoms with Crippen LogP contribution in [0.25, 0.3) is 11.1 Å². The number of pyridine rings is 1. The average Bonchev–Trinajstić information content (AvgIpc) is 2.48. The maximum absolute atomic E-state index is 5.72. The quantitative estimate of drug-likeness (QED) is 0.654. The van der Waals surface area contributed by atoms with Gasteiger partial charge < -0.3 is 0 Å². The molecule has 0 aliphatic heterocycles. The zero-order valence-corrected chi connectivity index (χ0v) is 13.0. The Morgan fingerprint density at radius 2 is 2.00 bits per heavy atom. The molecule has 0 saturated carbocycles. The lowest BCUT2D eigenvalue weighted by molar-refractivity contribution is 0.245. The van der Waals surface area contributed by atoms with Crippen LogP contribution in [0.2, 0.25) is 0 Å². The van der Waals surface area contributed by atoms with Crippen LogP contribution in [0.1, 0.15) is 19.4 Å². The number of hydrazine groups is 1. The van der Waals surface area contributed by atoms with Crippen molar-refractivity contribution in [2.75, 3.05) is 13.6 Å². The Balaban J connectivity index is 1.99. The Kier molecular flexibility index (Phi) is 5.32. The zero-order chi connectivity index (χ0) is 15.2. The predicted octanol–water partition coefficient (Wildman–Crippen LogP) is 2.97. The van der Waals surface area contributed by atoms with Crippen LogP contribution in [-0.2, 0) is 6.42 Å². The number of aromatic nitrogens is 1. The van der Waals surface area contributed by atoms with E-state index in [9.17, 15) is 0 Å². The Hall–Kier alpha value is -1.89. The van der Waals surface area contributed by atoms with E-state index in [1.165, 1.54) is 5.56 Å². The van der Waals surface area contributed by atoms with Crippen LogP contribution in [0.4, 0.5) is 0 Å². The topological polar surface area (TPSA) is 42.2 Å². The van der Waals surface area contributed by atoms with Gasteiger partial charge in [0.2, 0.25) is 0 Å². The maximum atomic E-state index is 5.72. The highest BCUT2D eigenvalue weighted by Crippen LogP contribution is 2.19. The van der Waals surface area contributed by atoms with Crippen LogP contribution in [0, 0.1) is 24.0 Å². The van der Waals surface area contributed by atoms with Gasteiger partial charge in [0, 0.05) is 42.7 Å². The van der Waals surface area contributed by atoms with E-state index in [1.54, 1.807) is 11.2 Å². The molecule has 0 aliphatic rings. The SMILES string of the molecule is CC(Cc1c#cc(-c2cccnc2)cc1)C(C)CN(C)N. The molecule has 2 rings (SSSR count). The summed E-state index contributed by atoms with van der Waals surface area (Å²) in [6.45, 7) is 5.40. The Morgan fingerprint density at radius 3 is 2.57 bits per heavy atom. The third-order valence-electron chi connectivity index (χ3n) is 3.87. The molecule has 0 fully saturated rings. The second-order valence-corrected chi connectivity index (χ2v) is 5.86. The monoisotopic (exact) mass is 281 g/mol. The molecule has 3 nitrogen and oxygen atoms in total. The van der Waals surface area contributed by atoms with Crippen LogP contribution in [0.15, 0.2) is 36.7 Å². The van der Waals surface area contributed by atoms with Crippen molar-refractivity contribution in [1.82, 2.24) is 9.99 Å². The number of nitrogens with two attached hydrogens (primary N) is 1. The Bertz CT molecular complexity index is 534. The molecule has 1 aromatic heterocycles. The van der Waals surface area contributed by atoms with Gasteiger partial charge in [-0.2, -0.15) is 0 Å². The van der Waals surface area contributed by atoms with Gasteiger partial charge in [-0.25, -0.2) is 5.01 Å². The minimum Gasteiger partial charge on any atom is -0.269 e. The molecule has 0 saturated heterocycles. The maximum Gasteiger partial charge on any atom is 0.0352 e. The van der Waals surface area contributed by atoms with Gasteiger partial charge in [-0.15, -0.1) is 0 Å². The summed E-state index contributed by atoms with van der Waals surface area (Å²) in [6.07, 6.45) is 4.62. The van der Waals surface area contributed by atoms with E-state index >= 15 is 0 Å². The number of rotatable bonds is 6. The normalized spacial score (nSPS) is 13.8. The third-order valence-corrected chi connectivity index (χ3v) is 3.87. The van der Waals surface area contributed by atoms with Crippen molar-refractivity contribution in [2.45, 2.75) is 20.3 Å². The molecule has 21 heavy (non-hydrogen) atoms. The van der Waals surface area contributed by atoms with E-state index in [1.807, 2.05) is 25.4 Å². The molecule has 110 valence electrons. The standard InChI is InChI=1S/C18H23N3/c1-14(15(2)13-21(3)19)11-16-6-8-17(9-7-16)18-5-4-10-20-12-18/h4-6,8,10,12,14-15H,11,13,19H2,1-3H3. The molecule has 0 spiro atoms. The van der Waals surface area contributed by atoms with Gasteiger partial charge in [-0.05, 0) is 36.5 Å². The molecule has 2 atom stereocenters. The molecule has 2 N–H and O–H groups in total. The van der Waals surface area contributed by atoms with Gasteiger partial charge in [0.25, 0.3) is 0 Å². The van der Waals surface area contributed by atoms with Gasteiger partial charge in [-0.3, -0.25) is 10.8 Å². The summed E-state index contributed by atoms with van der Waals surface area (Å²) in [5.41, 5.74) is 3.31. The number of hydrogen-bond acceptors (Lipinski definition) is 3. The van der Waals surface area contributed by atoms with E-state index in [2.05, 4.69) is 43.1 Å². The summed E-state index contributed by atoms with van der Waals surface area (Å²) in [5.74, 6) is 6.83. The molecule has 3 heteroatoms. The van der Waals surface area contributed by atoms with Crippen molar-refractivity contribution < 1.29 is 0 Å². The lowest BCUT2D eigenvalue weighted by Gasteiger charge is -2.22. The zero-order valence-electron chi connectivity index (χ0n) is 13.0. The van der Waals surface area contributed by atoms with Crippen LogP contribution >= 0.6 is 0 Å². The first-order valence-electron chi connectivity index (χ1n) is 7.35. The van der Waals surface area contributed by atoms with E-state index < -0.39 is 0 Å². The molecule has 0 aliphatic carbocycles. The Morgan fingerprint density at radius 1 is 1.19 bits per heavy atom. The first-order chi connectivity index (χ1) is 10.1. The van der Waals surface area contributed by atoms with Crippen molar-refractivity contribution in [3.8, 4) is 11.1 Å². The summed E-state index contributed by atoms with van der Waals surface area (Å²) >= 11 is 0. The molecule has 2 unspecified atom stereocenters. The van der Waals surface area contributed by atoms with Crippen molar-refractivity contribution in [3.63, 3.8) is 0 Å². The van der Waals surface area contributed by atoms with Crippen molar-refractivity contribution in [3.05, 3.63) is 54.4 Å². The van der Waals surface area contributed by atoms with Crippen LogP contribution in [-0.4, -0.2) is 23.6 Å². The van der Waals surface area contributed by atoms with E-state index in [0.717, 1.165) is 24.1 Å². The molecule has 0 bridgehead atoms. The van der Waals surface area contributed by atoms with Crippen LogP contribution in [0.5, 0.6) is 0 Å². The fourth-order valence-corrected chi connectivity index (χ4v) is 2.41. The molecule has 0 radical (unpaired) electrons. The minimum absolute atomic E-state index is 0.548. The summed E-state index contributed by atoms with van der Waals surface area (Å²) in [5, 5.41) is 1.75. The Labute approximate surface area is 127 Å². The largest absolute Gasteiger partial charge is 0.269 e. The fraction of sp³-hybridized carbons (Fsp3) is 0.389. The average molecular weight is 281 g/mol. The first-order valence-corrected chi connectivity index (χ1v) is 7.35. The summed E-state index contributed by atoms with van der Waals surface area (Å²) in [7, 11) is 1.91. The predicted molar refractivity (Wildman–Crippen MR) is 86.2 cm³/mol. The molecule has 2 aromatic rings. The smallest absolute Gasteiger partial charge is 0.0352 e. The van der Waals surface area contributed by atoms with Crippen LogP contribution in [0.3, 0.4) is 0 Å². The number of nitrogens with zero attached hydrogens (tertiary/aromatic N) is 2. The van der Waals surface area contributed by atoms with E-state index in [-0.39, 0.29) is 0 Å². The van der Waals surface area contributed by atoms with Gasteiger partial charge in [-0.1, -0.05) is 32.0 Å². The first kappa shape index (κ1) is 15.5. The fourth-order valence-electron chi connectivity index (χ4n) is 2.41. The summed E-state index contributed by atoms with van der Waals surface area (Å²) < 4.78 is 0. The van der Waals surface area contributed by atoms with Gasteiger partial charge in [0.15, 0.2) is 0 Å². The molecular weight excluding hydrogens is 258 g/mol. The lowest BCUT2D eigenvalue weighted by Crippen LogP contribution is -2.33. The van der Waals surface area contributed by atoms with Crippen molar-refractivity contribution in [2.24, 2.45) is 17.7 Å². The van der Waals surface area contributed by atoms with Crippen molar-refractivity contribution >= 4 is 0 Å². The highest BCUT2D eigenvalue weighted by atomic mass is 15.4. The van der Waals surface area contributed by atoms with Gasteiger partial charge in [0.1, 0.15) is 0 Å². The number of hydrogen-bond donors (Lipinski definition) is 1. The lowest BCUT2D eigenvalue weighted by atomic mass is 9.89. The van der Waals surface area contributed by atoms with Crippen molar-refractivity contribution in [1.29, 1.82) is 0 Å². The molecule has 1 heterocycles.